The van der Waals surface area contributed by atoms with Gasteiger partial charge in [-0.25, -0.2) is 4.98 Å². The molecule has 0 spiro atoms. The Hall–Kier alpha value is -2.86. The summed E-state index contributed by atoms with van der Waals surface area (Å²) in [7, 11) is 0. The second-order valence-corrected chi connectivity index (χ2v) is 6.52. The van der Waals surface area contributed by atoms with Gasteiger partial charge < -0.3 is 9.47 Å². The summed E-state index contributed by atoms with van der Waals surface area (Å²) in [6.07, 6.45) is 0. The summed E-state index contributed by atoms with van der Waals surface area (Å²) in [5, 5.41) is 3.36. The van der Waals surface area contributed by atoms with E-state index in [1.165, 1.54) is 11.3 Å². The molecule has 5 nitrogen and oxygen atoms in total. The van der Waals surface area contributed by atoms with Gasteiger partial charge in [-0.05, 0) is 31.5 Å². The van der Waals surface area contributed by atoms with Crippen LogP contribution in [0.5, 0.6) is 11.5 Å². The topological polar surface area (TPSA) is 60.5 Å². The maximum Gasteiger partial charge on any atom is 0.264 e. The van der Waals surface area contributed by atoms with Crippen molar-refractivity contribution in [2.45, 2.75) is 13.8 Å². The maximum absolute atomic E-state index is 12.2. The molecule has 0 atom stereocenters. The van der Waals surface area contributed by atoms with Crippen LogP contribution in [0, 0.1) is 6.92 Å². The fourth-order valence-electron chi connectivity index (χ4n) is 2.45. The van der Waals surface area contributed by atoms with E-state index in [1.807, 2.05) is 62.4 Å². The Morgan fingerprint density at radius 2 is 1.69 bits per heavy atom. The zero-order valence-electron chi connectivity index (χ0n) is 14.7. The molecule has 0 aliphatic carbocycles. The van der Waals surface area contributed by atoms with Crippen molar-refractivity contribution in [1.82, 2.24) is 4.98 Å². The number of nitrogens with one attached hydrogen (secondary N) is 1. The van der Waals surface area contributed by atoms with E-state index in [-0.39, 0.29) is 12.5 Å². The second kappa shape index (κ2) is 8.49. The van der Waals surface area contributed by atoms with Gasteiger partial charge in [-0.15, -0.1) is 0 Å². The lowest BCUT2D eigenvalue weighted by molar-refractivity contribution is -0.118. The van der Waals surface area contributed by atoms with Crippen molar-refractivity contribution in [3.05, 3.63) is 60.3 Å². The molecule has 0 saturated carbocycles. The summed E-state index contributed by atoms with van der Waals surface area (Å²) in [5.41, 5.74) is 1.98. The molecule has 1 amide bonds. The van der Waals surface area contributed by atoms with E-state index in [4.69, 9.17) is 9.47 Å². The first-order valence-electron chi connectivity index (χ1n) is 8.34. The fourth-order valence-corrected chi connectivity index (χ4v) is 3.44. The predicted octanol–water partition coefficient (Wildman–Crippen LogP) is 4.53. The van der Waals surface area contributed by atoms with Crippen molar-refractivity contribution in [1.29, 1.82) is 0 Å². The van der Waals surface area contributed by atoms with Gasteiger partial charge in [-0.1, -0.05) is 53.8 Å². The number of hydrogen-bond acceptors (Lipinski definition) is 5. The number of carbonyl (C=O) groups excluding carboxylic acids is 1. The largest absolute Gasteiger partial charge is 0.490 e. The van der Waals surface area contributed by atoms with Crippen LogP contribution < -0.4 is 14.8 Å². The van der Waals surface area contributed by atoms with Crippen LogP contribution in [0.3, 0.4) is 0 Å². The number of amides is 1. The lowest BCUT2D eigenvalue weighted by Crippen LogP contribution is -2.20. The third-order valence-corrected chi connectivity index (χ3v) is 4.71. The van der Waals surface area contributed by atoms with E-state index in [9.17, 15) is 4.79 Å². The van der Waals surface area contributed by atoms with Crippen molar-refractivity contribution in [3.63, 3.8) is 0 Å². The number of nitrogens with zero attached hydrogens (tertiary/aromatic N) is 1. The lowest BCUT2D eigenvalue weighted by Gasteiger charge is -2.10. The van der Waals surface area contributed by atoms with Gasteiger partial charge in [0.2, 0.25) is 0 Å². The quantitative estimate of drug-likeness (QED) is 0.665. The van der Waals surface area contributed by atoms with Crippen molar-refractivity contribution >= 4 is 22.4 Å². The average Bonchev–Trinajstić information content (AvgIpc) is 3.02. The number of aromatic nitrogens is 1. The zero-order valence-corrected chi connectivity index (χ0v) is 15.5. The summed E-state index contributed by atoms with van der Waals surface area (Å²) >= 11 is 1.45. The third-order valence-electron chi connectivity index (χ3n) is 3.59. The monoisotopic (exact) mass is 368 g/mol. The number of aryl methyl sites for hydroxylation is 1. The van der Waals surface area contributed by atoms with Crippen molar-refractivity contribution in [3.8, 4) is 21.9 Å². The Kier molecular flexibility index (Phi) is 5.86. The van der Waals surface area contributed by atoms with Crippen molar-refractivity contribution < 1.29 is 14.3 Å². The zero-order chi connectivity index (χ0) is 18.4. The van der Waals surface area contributed by atoms with E-state index in [0.717, 1.165) is 16.1 Å². The highest BCUT2D eigenvalue weighted by Gasteiger charge is 2.13. The first-order chi connectivity index (χ1) is 12.7. The summed E-state index contributed by atoms with van der Waals surface area (Å²) in [6, 6.07) is 17.3. The minimum Gasteiger partial charge on any atom is -0.490 e. The highest BCUT2D eigenvalue weighted by atomic mass is 32.1. The molecule has 0 aliphatic heterocycles. The molecule has 0 bridgehead atoms. The highest BCUT2D eigenvalue weighted by molar-refractivity contribution is 7.19. The van der Waals surface area contributed by atoms with E-state index >= 15 is 0 Å². The van der Waals surface area contributed by atoms with Gasteiger partial charge >= 0.3 is 0 Å². The Balaban J connectivity index is 1.63. The number of hydrogen-bond donors (Lipinski definition) is 1. The molecule has 0 fully saturated rings. The number of benzene rings is 2. The number of thiazole rings is 1. The molecule has 0 radical (unpaired) electrons. The van der Waals surface area contributed by atoms with E-state index in [2.05, 4.69) is 10.3 Å². The van der Waals surface area contributed by atoms with E-state index in [0.29, 0.717) is 23.2 Å². The minimum atomic E-state index is -0.260. The van der Waals surface area contributed by atoms with Crippen molar-refractivity contribution in [2.75, 3.05) is 18.5 Å². The van der Waals surface area contributed by atoms with Crippen LogP contribution in [0.2, 0.25) is 0 Å². The SMILES string of the molecule is CCOc1ccccc1OCC(=O)Nc1nc(C)c(-c2ccccc2)s1. The summed E-state index contributed by atoms with van der Waals surface area (Å²) in [4.78, 5) is 17.7. The molecule has 2 aromatic carbocycles. The smallest absolute Gasteiger partial charge is 0.264 e. The van der Waals surface area contributed by atoms with Crippen LogP contribution in [0.1, 0.15) is 12.6 Å². The normalized spacial score (nSPS) is 10.4. The fraction of sp³-hybridized carbons (Fsp3) is 0.200. The molecule has 6 heteroatoms. The van der Waals surface area contributed by atoms with Gasteiger partial charge in [0.1, 0.15) is 0 Å². The molecule has 3 aromatic rings. The van der Waals surface area contributed by atoms with Crippen molar-refractivity contribution in [2.24, 2.45) is 0 Å². The highest BCUT2D eigenvalue weighted by Crippen LogP contribution is 2.32. The van der Waals surface area contributed by atoms with Gasteiger partial charge in [0.15, 0.2) is 23.2 Å². The molecular formula is C20H20N2O3S. The summed E-state index contributed by atoms with van der Waals surface area (Å²) in [6.45, 7) is 4.26. The second-order valence-electron chi connectivity index (χ2n) is 5.52. The van der Waals surface area contributed by atoms with Gasteiger partial charge in [-0.3, -0.25) is 10.1 Å². The Morgan fingerprint density at radius 3 is 2.38 bits per heavy atom. The van der Waals surface area contributed by atoms with Crippen LogP contribution in [0.25, 0.3) is 10.4 Å². The summed E-state index contributed by atoms with van der Waals surface area (Å²) in [5.74, 6) is 0.911. The minimum absolute atomic E-state index is 0.108. The Morgan fingerprint density at radius 1 is 1.04 bits per heavy atom. The van der Waals surface area contributed by atoms with Gasteiger partial charge in [0, 0.05) is 0 Å². The molecule has 1 N–H and O–H groups in total. The summed E-state index contributed by atoms with van der Waals surface area (Å²) < 4.78 is 11.1. The number of rotatable bonds is 7. The van der Waals surface area contributed by atoms with Gasteiger partial charge in [-0.2, -0.15) is 0 Å². The first kappa shape index (κ1) is 17.9. The van der Waals surface area contributed by atoms with Crippen LogP contribution in [0.15, 0.2) is 54.6 Å². The van der Waals surface area contributed by atoms with E-state index < -0.39 is 0 Å². The third kappa shape index (κ3) is 4.40. The number of anilines is 1. The number of carbonyl (C=O) groups is 1. The van der Waals surface area contributed by atoms with Gasteiger partial charge in [0.25, 0.3) is 5.91 Å². The lowest BCUT2D eigenvalue weighted by atomic mass is 10.2. The molecule has 0 unspecified atom stereocenters. The molecule has 1 heterocycles. The molecule has 1 aromatic heterocycles. The molecule has 3 rings (SSSR count). The van der Waals surface area contributed by atoms with Gasteiger partial charge in [0.05, 0.1) is 17.2 Å². The van der Waals surface area contributed by atoms with Crippen LogP contribution >= 0.6 is 11.3 Å². The van der Waals surface area contributed by atoms with Crippen LogP contribution in [0.4, 0.5) is 5.13 Å². The Labute approximate surface area is 156 Å². The molecule has 26 heavy (non-hydrogen) atoms. The standard InChI is InChI=1S/C20H20N2O3S/c1-3-24-16-11-7-8-12-17(16)25-13-18(23)22-20-21-14(2)19(26-20)15-9-5-4-6-10-15/h4-12H,3,13H2,1-2H3,(H,21,22,23). The van der Waals surface area contributed by atoms with Crippen LogP contribution in [-0.2, 0) is 4.79 Å². The maximum atomic E-state index is 12.2. The first-order valence-corrected chi connectivity index (χ1v) is 9.16. The molecule has 134 valence electrons. The number of ether oxygens (including phenoxy) is 2. The predicted molar refractivity (Wildman–Crippen MR) is 104 cm³/mol. The average molecular weight is 368 g/mol. The molecule has 0 saturated heterocycles. The number of para-hydroxylation sites is 2. The van der Waals surface area contributed by atoms with E-state index in [1.54, 1.807) is 6.07 Å². The Bertz CT molecular complexity index is 878. The molecule has 0 aliphatic rings. The molecular weight excluding hydrogens is 348 g/mol. The van der Waals surface area contributed by atoms with Crippen LogP contribution in [-0.4, -0.2) is 24.1 Å².